The van der Waals surface area contributed by atoms with E-state index < -0.39 is 0 Å². The number of aldehydes is 1. The monoisotopic (exact) mass is 268 g/mol. The van der Waals surface area contributed by atoms with Gasteiger partial charge in [-0.15, -0.1) is 11.3 Å². The minimum absolute atomic E-state index is 0.490. The highest BCUT2D eigenvalue weighted by molar-refractivity contribution is 9.11. The normalized spacial score (nSPS) is 10.1. The maximum atomic E-state index is 10.4. The molecule has 0 aliphatic heterocycles. The first-order chi connectivity index (χ1) is 6.79. The van der Waals surface area contributed by atoms with Gasteiger partial charge in [-0.2, -0.15) is 0 Å². The Morgan fingerprint density at radius 2 is 2.00 bits per heavy atom. The number of hydrogen-bond acceptors (Lipinski definition) is 4. The van der Waals surface area contributed by atoms with Crippen molar-refractivity contribution in [2.75, 3.05) is 0 Å². The Labute approximate surface area is 93.0 Å². The van der Waals surface area contributed by atoms with Gasteiger partial charge in [0.05, 0.1) is 14.2 Å². The number of thiophene rings is 1. The SMILES string of the molecule is O=Cc1cnc(-c2ccc(Br)s2)nc1. The van der Waals surface area contributed by atoms with E-state index in [0.29, 0.717) is 11.4 Å². The second kappa shape index (κ2) is 3.98. The molecule has 5 heteroatoms. The molecule has 0 aromatic carbocycles. The molecule has 2 heterocycles. The van der Waals surface area contributed by atoms with Crippen LogP contribution in [0.25, 0.3) is 10.7 Å². The van der Waals surface area contributed by atoms with Crippen LogP contribution in [0.3, 0.4) is 0 Å². The topological polar surface area (TPSA) is 42.9 Å². The first-order valence-corrected chi connectivity index (χ1v) is 5.43. The summed E-state index contributed by atoms with van der Waals surface area (Å²) in [7, 11) is 0. The lowest BCUT2D eigenvalue weighted by Gasteiger charge is -1.94. The summed E-state index contributed by atoms with van der Waals surface area (Å²) in [6.07, 6.45) is 3.76. The summed E-state index contributed by atoms with van der Waals surface area (Å²) in [5, 5.41) is 0. The molecule has 0 N–H and O–H groups in total. The van der Waals surface area contributed by atoms with E-state index >= 15 is 0 Å². The Morgan fingerprint density at radius 1 is 1.29 bits per heavy atom. The van der Waals surface area contributed by atoms with Crippen LogP contribution in [0.2, 0.25) is 0 Å². The molecule has 3 nitrogen and oxygen atoms in total. The zero-order valence-corrected chi connectivity index (χ0v) is 9.38. The van der Waals surface area contributed by atoms with Crippen molar-refractivity contribution in [3.63, 3.8) is 0 Å². The molecule has 2 aromatic rings. The van der Waals surface area contributed by atoms with Gasteiger partial charge in [-0.25, -0.2) is 9.97 Å². The molecule has 0 spiro atoms. The van der Waals surface area contributed by atoms with E-state index in [1.807, 2.05) is 12.1 Å². The number of aromatic nitrogens is 2. The zero-order valence-electron chi connectivity index (χ0n) is 6.98. The molecule has 0 atom stereocenters. The molecule has 14 heavy (non-hydrogen) atoms. The Balaban J connectivity index is 2.38. The van der Waals surface area contributed by atoms with Crippen LogP contribution in [0.5, 0.6) is 0 Å². The fraction of sp³-hybridized carbons (Fsp3) is 0. The van der Waals surface area contributed by atoms with Crippen molar-refractivity contribution >= 4 is 33.6 Å². The average molecular weight is 269 g/mol. The van der Waals surface area contributed by atoms with E-state index in [0.717, 1.165) is 14.9 Å². The predicted molar refractivity (Wildman–Crippen MR) is 58.4 cm³/mol. The smallest absolute Gasteiger partial charge is 0.169 e. The summed E-state index contributed by atoms with van der Waals surface area (Å²) in [5.74, 6) is 0.645. The van der Waals surface area contributed by atoms with Crippen LogP contribution in [-0.2, 0) is 0 Å². The summed E-state index contributed by atoms with van der Waals surface area (Å²) in [6, 6.07) is 3.88. The molecule has 0 bridgehead atoms. The Hall–Kier alpha value is -1.07. The lowest BCUT2D eigenvalue weighted by molar-refractivity contribution is 0.112. The lowest BCUT2D eigenvalue weighted by atomic mass is 10.3. The minimum Gasteiger partial charge on any atom is -0.298 e. The van der Waals surface area contributed by atoms with Crippen LogP contribution < -0.4 is 0 Å². The van der Waals surface area contributed by atoms with Crippen LogP contribution in [0.15, 0.2) is 28.3 Å². The lowest BCUT2D eigenvalue weighted by Crippen LogP contribution is -1.88. The number of nitrogens with zero attached hydrogens (tertiary/aromatic N) is 2. The third-order valence-electron chi connectivity index (χ3n) is 1.60. The average Bonchev–Trinajstić information content (AvgIpc) is 2.65. The van der Waals surface area contributed by atoms with Gasteiger partial charge in [-0.05, 0) is 28.1 Å². The van der Waals surface area contributed by atoms with Crippen molar-refractivity contribution in [2.45, 2.75) is 0 Å². The molecule has 0 unspecified atom stereocenters. The highest BCUT2D eigenvalue weighted by Gasteiger charge is 2.03. The Kier molecular flexibility index (Phi) is 2.69. The maximum absolute atomic E-state index is 10.4. The molecule has 0 aliphatic carbocycles. The second-order valence-electron chi connectivity index (χ2n) is 2.56. The fourth-order valence-corrected chi connectivity index (χ4v) is 2.29. The third-order valence-corrected chi connectivity index (χ3v) is 3.22. The van der Waals surface area contributed by atoms with Gasteiger partial charge >= 0.3 is 0 Å². The molecule has 0 saturated carbocycles. The van der Waals surface area contributed by atoms with Crippen molar-refractivity contribution in [2.24, 2.45) is 0 Å². The summed E-state index contributed by atoms with van der Waals surface area (Å²) in [6.45, 7) is 0. The van der Waals surface area contributed by atoms with Gasteiger partial charge in [0.1, 0.15) is 0 Å². The third kappa shape index (κ3) is 1.88. The fourth-order valence-electron chi connectivity index (χ4n) is 0.961. The van der Waals surface area contributed by atoms with E-state index in [1.165, 1.54) is 12.4 Å². The van der Waals surface area contributed by atoms with Crippen LogP contribution in [-0.4, -0.2) is 16.3 Å². The molecule has 0 amide bonds. The maximum Gasteiger partial charge on any atom is 0.169 e. The molecule has 2 rings (SSSR count). The molecular formula is C9H5BrN2OS. The number of hydrogen-bond donors (Lipinski definition) is 0. The highest BCUT2D eigenvalue weighted by Crippen LogP contribution is 2.28. The van der Waals surface area contributed by atoms with Gasteiger partial charge in [-0.3, -0.25) is 4.79 Å². The van der Waals surface area contributed by atoms with Crippen LogP contribution >= 0.6 is 27.3 Å². The van der Waals surface area contributed by atoms with E-state index in [1.54, 1.807) is 11.3 Å². The Bertz CT molecular complexity index is 452. The zero-order chi connectivity index (χ0) is 9.97. The molecule has 70 valence electrons. The van der Waals surface area contributed by atoms with Crippen LogP contribution in [0.4, 0.5) is 0 Å². The van der Waals surface area contributed by atoms with Gasteiger partial charge in [0.25, 0.3) is 0 Å². The number of halogens is 1. The van der Waals surface area contributed by atoms with Crippen molar-refractivity contribution < 1.29 is 4.79 Å². The molecule has 0 aliphatic rings. The second-order valence-corrected chi connectivity index (χ2v) is 5.02. The summed E-state index contributed by atoms with van der Waals surface area (Å²) in [4.78, 5) is 19.5. The van der Waals surface area contributed by atoms with E-state index in [2.05, 4.69) is 25.9 Å². The van der Waals surface area contributed by atoms with Gasteiger partial charge in [-0.1, -0.05) is 0 Å². The van der Waals surface area contributed by atoms with Crippen LogP contribution in [0, 0.1) is 0 Å². The molecule has 0 fully saturated rings. The van der Waals surface area contributed by atoms with E-state index in [4.69, 9.17) is 0 Å². The quantitative estimate of drug-likeness (QED) is 0.787. The van der Waals surface area contributed by atoms with Gasteiger partial charge in [0.2, 0.25) is 0 Å². The van der Waals surface area contributed by atoms with Crippen molar-refractivity contribution in [3.8, 4) is 10.7 Å². The summed E-state index contributed by atoms with van der Waals surface area (Å²) >= 11 is 4.92. The number of carbonyl (C=O) groups is 1. The van der Waals surface area contributed by atoms with Gasteiger partial charge in [0, 0.05) is 12.4 Å². The summed E-state index contributed by atoms with van der Waals surface area (Å²) < 4.78 is 1.04. The minimum atomic E-state index is 0.490. The van der Waals surface area contributed by atoms with Gasteiger partial charge in [0.15, 0.2) is 12.1 Å². The number of carbonyl (C=O) groups excluding carboxylic acids is 1. The van der Waals surface area contributed by atoms with Gasteiger partial charge < -0.3 is 0 Å². The molecule has 0 radical (unpaired) electrons. The van der Waals surface area contributed by atoms with Crippen LogP contribution in [0.1, 0.15) is 10.4 Å². The molecular weight excluding hydrogens is 264 g/mol. The predicted octanol–water partition coefficient (Wildman–Crippen LogP) is 2.78. The summed E-state index contributed by atoms with van der Waals surface area (Å²) in [5.41, 5.74) is 0.490. The van der Waals surface area contributed by atoms with Crippen molar-refractivity contribution in [3.05, 3.63) is 33.9 Å². The standard InChI is InChI=1S/C9H5BrN2OS/c10-8-2-1-7(14-8)9-11-3-6(5-13)4-12-9/h1-5H. The molecule has 2 aromatic heterocycles. The highest BCUT2D eigenvalue weighted by atomic mass is 79.9. The first kappa shape index (κ1) is 9.48. The van der Waals surface area contributed by atoms with Crippen molar-refractivity contribution in [1.82, 2.24) is 9.97 Å². The van der Waals surface area contributed by atoms with E-state index in [-0.39, 0.29) is 0 Å². The Morgan fingerprint density at radius 3 is 2.50 bits per heavy atom. The molecule has 0 saturated heterocycles. The number of rotatable bonds is 2. The largest absolute Gasteiger partial charge is 0.298 e. The van der Waals surface area contributed by atoms with Crippen molar-refractivity contribution in [1.29, 1.82) is 0 Å². The first-order valence-electron chi connectivity index (χ1n) is 3.82. The van der Waals surface area contributed by atoms with E-state index in [9.17, 15) is 4.79 Å².